The molecule has 1 aliphatic rings. The molecule has 5 nitrogen and oxygen atoms in total. The summed E-state index contributed by atoms with van der Waals surface area (Å²) >= 11 is 0. The van der Waals surface area contributed by atoms with Gasteiger partial charge in [-0.2, -0.15) is 0 Å². The Bertz CT molecular complexity index is 811. The predicted octanol–water partition coefficient (Wildman–Crippen LogP) is 3.47. The Labute approximate surface area is 179 Å². The van der Waals surface area contributed by atoms with Crippen molar-refractivity contribution in [2.45, 2.75) is 38.8 Å². The van der Waals surface area contributed by atoms with Crippen LogP contribution in [0.1, 0.15) is 47.3 Å². The van der Waals surface area contributed by atoms with Crippen molar-refractivity contribution in [3.63, 3.8) is 0 Å². The highest BCUT2D eigenvalue weighted by Gasteiger charge is 2.33. The molecule has 0 spiro atoms. The van der Waals surface area contributed by atoms with Crippen molar-refractivity contribution in [1.82, 2.24) is 10.2 Å². The first kappa shape index (κ1) is 22.9. The Hall–Kier alpha value is -2.37. The molecule has 3 rings (SSSR count). The topological polar surface area (TPSA) is 75.4 Å². The fraction of sp³-hybridized carbons (Fsp3) is 0.391. The monoisotopic (exact) mass is 415 g/mol. The number of benzene rings is 2. The molecule has 0 aromatic heterocycles. The fourth-order valence-corrected chi connectivity index (χ4v) is 3.84. The Morgan fingerprint density at radius 1 is 1.14 bits per heavy atom. The maximum absolute atomic E-state index is 13.0. The second-order valence-corrected chi connectivity index (χ2v) is 7.74. The molecule has 3 N–H and O–H groups in total. The number of nitrogens with zero attached hydrogens (tertiary/aromatic N) is 1. The average molecular weight is 416 g/mol. The minimum absolute atomic E-state index is 0. The molecule has 29 heavy (non-hydrogen) atoms. The minimum Gasteiger partial charge on any atom is -0.345 e. The van der Waals surface area contributed by atoms with Crippen molar-refractivity contribution < 1.29 is 9.59 Å². The molecule has 2 aromatic carbocycles. The molecular formula is C23H30ClN3O2. The van der Waals surface area contributed by atoms with Crippen LogP contribution in [0.15, 0.2) is 54.6 Å². The van der Waals surface area contributed by atoms with Crippen molar-refractivity contribution in [2.24, 2.45) is 11.7 Å². The van der Waals surface area contributed by atoms with Crippen LogP contribution in [0, 0.1) is 12.8 Å². The van der Waals surface area contributed by atoms with E-state index in [-0.39, 0.29) is 42.7 Å². The van der Waals surface area contributed by atoms with Gasteiger partial charge in [-0.05, 0) is 50.4 Å². The molecule has 1 aliphatic heterocycles. The number of aryl methyl sites for hydroxylation is 1. The minimum atomic E-state index is -0.369. The Balaban J connectivity index is 0.00000300. The van der Waals surface area contributed by atoms with E-state index in [1.165, 1.54) is 0 Å². The van der Waals surface area contributed by atoms with Crippen LogP contribution in [-0.4, -0.2) is 35.8 Å². The lowest BCUT2D eigenvalue weighted by Gasteiger charge is -2.25. The van der Waals surface area contributed by atoms with Gasteiger partial charge in [-0.3, -0.25) is 9.59 Å². The van der Waals surface area contributed by atoms with Gasteiger partial charge in [0.25, 0.3) is 5.91 Å². The molecule has 156 valence electrons. The second kappa shape index (κ2) is 10.4. The number of amides is 2. The summed E-state index contributed by atoms with van der Waals surface area (Å²) in [4.78, 5) is 27.7. The summed E-state index contributed by atoms with van der Waals surface area (Å²) < 4.78 is 0. The molecule has 1 fully saturated rings. The highest BCUT2D eigenvalue weighted by atomic mass is 35.5. The molecule has 0 radical (unpaired) electrons. The SMILES string of the molecule is Cc1ccc(C(=O)NC(CC(=O)N2CC(CN)CC2C)c2ccccc2)cc1.Cl. The van der Waals surface area contributed by atoms with Crippen LogP contribution in [0.2, 0.25) is 0 Å². The molecule has 1 heterocycles. The Kier molecular flexibility index (Phi) is 8.23. The summed E-state index contributed by atoms with van der Waals surface area (Å²) in [6, 6.07) is 16.9. The zero-order valence-electron chi connectivity index (χ0n) is 17.0. The standard InChI is InChI=1S/C23H29N3O2.ClH/c1-16-8-10-20(11-9-16)23(28)25-21(19-6-4-3-5-7-19)13-22(27)26-15-18(14-24)12-17(26)2;/h3-11,17-18,21H,12-15,24H2,1-2H3,(H,25,28);1H. The summed E-state index contributed by atoms with van der Waals surface area (Å²) in [7, 11) is 0. The number of halogens is 1. The number of nitrogens with one attached hydrogen (secondary N) is 1. The van der Waals surface area contributed by atoms with Crippen LogP contribution >= 0.6 is 12.4 Å². The Morgan fingerprint density at radius 2 is 1.79 bits per heavy atom. The maximum atomic E-state index is 13.0. The normalized spacial score (nSPS) is 19.3. The Morgan fingerprint density at radius 3 is 2.38 bits per heavy atom. The smallest absolute Gasteiger partial charge is 0.251 e. The quantitative estimate of drug-likeness (QED) is 0.758. The van der Waals surface area contributed by atoms with Crippen molar-refractivity contribution in [3.05, 3.63) is 71.3 Å². The summed E-state index contributed by atoms with van der Waals surface area (Å²) in [5.74, 6) is 0.244. The lowest BCUT2D eigenvalue weighted by Crippen LogP contribution is -2.38. The van der Waals surface area contributed by atoms with Crippen molar-refractivity contribution >= 4 is 24.2 Å². The van der Waals surface area contributed by atoms with Crippen LogP contribution in [0.4, 0.5) is 0 Å². The molecule has 3 atom stereocenters. The second-order valence-electron chi connectivity index (χ2n) is 7.74. The largest absolute Gasteiger partial charge is 0.345 e. The van der Waals surface area contributed by atoms with Gasteiger partial charge in [0.1, 0.15) is 0 Å². The maximum Gasteiger partial charge on any atom is 0.251 e. The molecule has 2 aromatic rings. The zero-order valence-corrected chi connectivity index (χ0v) is 17.8. The number of nitrogens with two attached hydrogens (primary N) is 1. The van der Waals surface area contributed by atoms with E-state index in [0.717, 1.165) is 17.5 Å². The third-order valence-electron chi connectivity index (χ3n) is 5.51. The number of hydrogen-bond acceptors (Lipinski definition) is 3. The lowest BCUT2D eigenvalue weighted by molar-refractivity contribution is -0.132. The molecule has 3 unspecified atom stereocenters. The van der Waals surface area contributed by atoms with Gasteiger partial charge in [0.05, 0.1) is 12.5 Å². The first-order chi connectivity index (χ1) is 13.5. The van der Waals surface area contributed by atoms with Crippen LogP contribution in [0.5, 0.6) is 0 Å². The average Bonchev–Trinajstić information content (AvgIpc) is 3.09. The number of carbonyl (C=O) groups excluding carboxylic acids is 2. The zero-order chi connectivity index (χ0) is 20.1. The summed E-state index contributed by atoms with van der Waals surface area (Å²) in [5, 5.41) is 3.05. The molecule has 0 saturated carbocycles. The van der Waals surface area contributed by atoms with Gasteiger partial charge in [0, 0.05) is 18.2 Å². The van der Waals surface area contributed by atoms with E-state index >= 15 is 0 Å². The van der Waals surface area contributed by atoms with Gasteiger partial charge in [-0.25, -0.2) is 0 Å². The van der Waals surface area contributed by atoms with E-state index in [1.54, 1.807) is 0 Å². The number of hydrogen-bond donors (Lipinski definition) is 2. The summed E-state index contributed by atoms with van der Waals surface area (Å²) in [5.41, 5.74) is 8.42. The van der Waals surface area contributed by atoms with Crippen LogP contribution in [-0.2, 0) is 4.79 Å². The van der Waals surface area contributed by atoms with E-state index in [9.17, 15) is 9.59 Å². The van der Waals surface area contributed by atoms with E-state index in [0.29, 0.717) is 24.6 Å². The van der Waals surface area contributed by atoms with Gasteiger partial charge in [0.15, 0.2) is 0 Å². The third-order valence-corrected chi connectivity index (χ3v) is 5.51. The van der Waals surface area contributed by atoms with Gasteiger partial charge in [-0.1, -0.05) is 48.0 Å². The summed E-state index contributed by atoms with van der Waals surface area (Å²) in [6.07, 6.45) is 1.18. The third kappa shape index (κ3) is 5.81. The van der Waals surface area contributed by atoms with Crippen molar-refractivity contribution in [1.29, 1.82) is 0 Å². The van der Waals surface area contributed by atoms with Gasteiger partial charge in [0.2, 0.25) is 5.91 Å². The number of rotatable bonds is 6. The molecule has 1 saturated heterocycles. The van der Waals surface area contributed by atoms with E-state index in [2.05, 4.69) is 12.2 Å². The lowest BCUT2D eigenvalue weighted by atomic mass is 10.0. The van der Waals surface area contributed by atoms with Crippen molar-refractivity contribution in [2.75, 3.05) is 13.1 Å². The highest BCUT2D eigenvalue weighted by Crippen LogP contribution is 2.26. The van der Waals surface area contributed by atoms with Crippen LogP contribution in [0.3, 0.4) is 0 Å². The highest BCUT2D eigenvalue weighted by molar-refractivity contribution is 5.94. The molecule has 0 aliphatic carbocycles. The molecular weight excluding hydrogens is 386 g/mol. The first-order valence-corrected chi connectivity index (χ1v) is 9.90. The van der Waals surface area contributed by atoms with E-state index in [4.69, 9.17) is 5.73 Å². The molecule has 0 bridgehead atoms. The van der Waals surface area contributed by atoms with Gasteiger partial charge in [-0.15, -0.1) is 12.4 Å². The number of carbonyl (C=O) groups is 2. The van der Waals surface area contributed by atoms with Gasteiger partial charge >= 0.3 is 0 Å². The first-order valence-electron chi connectivity index (χ1n) is 9.90. The van der Waals surface area contributed by atoms with Crippen molar-refractivity contribution in [3.8, 4) is 0 Å². The van der Waals surface area contributed by atoms with Gasteiger partial charge < -0.3 is 16.0 Å². The fourth-order valence-electron chi connectivity index (χ4n) is 3.84. The predicted molar refractivity (Wildman–Crippen MR) is 118 cm³/mol. The van der Waals surface area contributed by atoms with Crippen LogP contribution in [0.25, 0.3) is 0 Å². The van der Waals surface area contributed by atoms with E-state index in [1.807, 2.05) is 66.4 Å². The van der Waals surface area contributed by atoms with E-state index < -0.39 is 0 Å². The number of likely N-dealkylation sites (tertiary alicyclic amines) is 1. The molecule has 2 amide bonds. The summed E-state index contributed by atoms with van der Waals surface area (Å²) in [6.45, 7) is 5.35. The molecule has 6 heteroatoms. The van der Waals surface area contributed by atoms with Crippen LogP contribution < -0.4 is 11.1 Å².